The molecule has 0 bridgehead atoms. The molecule has 0 amide bonds. The van der Waals surface area contributed by atoms with Crippen LogP contribution in [0.2, 0.25) is 5.02 Å². The SMILES string of the molecule is CNc1c(N)ccc(Cl)c1F. The van der Waals surface area contributed by atoms with E-state index in [4.69, 9.17) is 17.3 Å². The summed E-state index contributed by atoms with van der Waals surface area (Å²) in [5.74, 6) is -0.505. The van der Waals surface area contributed by atoms with Crippen molar-refractivity contribution < 1.29 is 4.39 Å². The third-order valence-corrected chi connectivity index (χ3v) is 1.67. The van der Waals surface area contributed by atoms with E-state index in [2.05, 4.69) is 5.32 Å². The topological polar surface area (TPSA) is 38.0 Å². The molecule has 0 heterocycles. The van der Waals surface area contributed by atoms with Gasteiger partial charge in [0.15, 0.2) is 5.82 Å². The Morgan fingerprint density at radius 3 is 2.64 bits per heavy atom. The molecule has 1 aromatic rings. The van der Waals surface area contributed by atoms with Crippen molar-refractivity contribution in [1.29, 1.82) is 0 Å². The molecule has 0 aliphatic rings. The highest BCUT2D eigenvalue weighted by Gasteiger charge is 2.07. The minimum atomic E-state index is -0.505. The molecule has 0 aliphatic carbocycles. The van der Waals surface area contributed by atoms with Crippen LogP contribution < -0.4 is 11.1 Å². The smallest absolute Gasteiger partial charge is 0.166 e. The van der Waals surface area contributed by atoms with Crippen molar-refractivity contribution in [1.82, 2.24) is 0 Å². The second kappa shape index (κ2) is 2.96. The van der Waals surface area contributed by atoms with E-state index >= 15 is 0 Å². The lowest BCUT2D eigenvalue weighted by Gasteiger charge is -2.06. The Hall–Kier alpha value is -0.960. The average molecular weight is 175 g/mol. The molecular formula is C7H8ClFN2. The first-order chi connectivity index (χ1) is 5.16. The van der Waals surface area contributed by atoms with Crippen molar-refractivity contribution in [2.45, 2.75) is 0 Å². The van der Waals surface area contributed by atoms with Crippen LogP contribution in [0.4, 0.5) is 15.8 Å². The number of halogens is 2. The summed E-state index contributed by atoms with van der Waals surface area (Å²) in [5.41, 5.74) is 6.04. The summed E-state index contributed by atoms with van der Waals surface area (Å²) in [7, 11) is 1.59. The normalized spacial score (nSPS) is 9.73. The molecule has 4 heteroatoms. The number of hydrogen-bond acceptors (Lipinski definition) is 2. The first-order valence-corrected chi connectivity index (χ1v) is 3.46. The van der Waals surface area contributed by atoms with Gasteiger partial charge < -0.3 is 11.1 Å². The van der Waals surface area contributed by atoms with Crippen LogP contribution in [0.15, 0.2) is 12.1 Å². The van der Waals surface area contributed by atoms with E-state index in [1.165, 1.54) is 6.07 Å². The Labute approximate surface area is 69.2 Å². The van der Waals surface area contributed by atoms with Crippen LogP contribution in [0.5, 0.6) is 0 Å². The van der Waals surface area contributed by atoms with E-state index in [1.54, 1.807) is 13.1 Å². The van der Waals surface area contributed by atoms with Crippen molar-refractivity contribution in [3.05, 3.63) is 23.0 Å². The maximum absolute atomic E-state index is 13.0. The summed E-state index contributed by atoms with van der Waals surface area (Å²) in [6, 6.07) is 2.98. The standard InChI is InChI=1S/C7H8ClFN2/c1-11-7-5(10)3-2-4(8)6(7)9/h2-3,11H,10H2,1H3. The highest BCUT2D eigenvalue weighted by Crippen LogP contribution is 2.27. The Kier molecular flexibility index (Phi) is 2.19. The number of nitrogens with two attached hydrogens (primary N) is 1. The molecule has 0 aromatic heterocycles. The van der Waals surface area contributed by atoms with Crippen molar-refractivity contribution in [2.24, 2.45) is 0 Å². The highest BCUT2D eigenvalue weighted by molar-refractivity contribution is 6.31. The number of nitrogens with one attached hydrogen (secondary N) is 1. The molecule has 0 unspecified atom stereocenters. The summed E-state index contributed by atoms with van der Waals surface area (Å²) < 4.78 is 13.0. The zero-order chi connectivity index (χ0) is 8.43. The van der Waals surface area contributed by atoms with Gasteiger partial charge in [-0.3, -0.25) is 0 Å². The van der Waals surface area contributed by atoms with Crippen LogP contribution in [0.1, 0.15) is 0 Å². The molecule has 0 saturated carbocycles. The van der Waals surface area contributed by atoms with Crippen LogP contribution in [-0.2, 0) is 0 Å². The maximum atomic E-state index is 13.0. The van der Waals surface area contributed by atoms with Gasteiger partial charge in [0.1, 0.15) is 0 Å². The molecule has 0 aliphatic heterocycles. The zero-order valence-corrected chi connectivity index (χ0v) is 6.74. The van der Waals surface area contributed by atoms with Crippen LogP contribution >= 0.6 is 11.6 Å². The minimum absolute atomic E-state index is 0.0727. The fourth-order valence-electron chi connectivity index (χ4n) is 0.820. The number of nitrogen functional groups attached to an aromatic ring is 1. The molecule has 3 N–H and O–H groups in total. The minimum Gasteiger partial charge on any atom is -0.397 e. The van der Waals surface area contributed by atoms with E-state index in [0.29, 0.717) is 5.69 Å². The summed E-state index contributed by atoms with van der Waals surface area (Å²) in [6.07, 6.45) is 0. The Bertz CT molecular complexity index is 275. The summed E-state index contributed by atoms with van der Waals surface area (Å²) in [6.45, 7) is 0. The monoisotopic (exact) mass is 174 g/mol. The second-order valence-corrected chi connectivity index (χ2v) is 2.48. The van der Waals surface area contributed by atoms with Crippen LogP contribution in [0, 0.1) is 5.82 Å². The number of rotatable bonds is 1. The van der Waals surface area contributed by atoms with Gasteiger partial charge in [-0.05, 0) is 12.1 Å². The summed E-state index contributed by atoms with van der Waals surface area (Å²) in [4.78, 5) is 0. The van der Waals surface area contributed by atoms with E-state index in [1.807, 2.05) is 0 Å². The molecule has 0 radical (unpaired) electrons. The maximum Gasteiger partial charge on any atom is 0.166 e. The third kappa shape index (κ3) is 1.38. The van der Waals surface area contributed by atoms with Crippen molar-refractivity contribution in [3.8, 4) is 0 Å². The van der Waals surface area contributed by atoms with Crippen LogP contribution in [0.25, 0.3) is 0 Å². The predicted molar refractivity (Wildman–Crippen MR) is 45.4 cm³/mol. The van der Waals surface area contributed by atoms with Gasteiger partial charge in [-0.25, -0.2) is 4.39 Å². The number of hydrogen-bond donors (Lipinski definition) is 2. The Morgan fingerprint density at radius 1 is 1.55 bits per heavy atom. The Morgan fingerprint density at radius 2 is 2.18 bits per heavy atom. The second-order valence-electron chi connectivity index (χ2n) is 2.08. The van der Waals surface area contributed by atoms with Gasteiger partial charge >= 0.3 is 0 Å². The molecular weight excluding hydrogens is 167 g/mol. The average Bonchev–Trinajstić information content (AvgIpc) is 1.99. The Balaban J connectivity index is 3.29. The molecule has 0 fully saturated rings. The number of benzene rings is 1. The van der Waals surface area contributed by atoms with Crippen molar-refractivity contribution in [3.63, 3.8) is 0 Å². The summed E-state index contributed by atoms with van der Waals surface area (Å²) >= 11 is 5.49. The molecule has 60 valence electrons. The lowest BCUT2D eigenvalue weighted by molar-refractivity contribution is 0.632. The fourth-order valence-corrected chi connectivity index (χ4v) is 0.977. The largest absolute Gasteiger partial charge is 0.397 e. The first-order valence-electron chi connectivity index (χ1n) is 3.08. The molecule has 0 spiro atoms. The third-order valence-electron chi connectivity index (χ3n) is 1.38. The van der Waals surface area contributed by atoms with Crippen LogP contribution in [-0.4, -0.2) is 7.05 Å². The molecule has 1 aromatic carbocycles. The molecule has 0 atom stereocenters. The van der Waals surface area contributed by atoms with Gasteiger partial charge in [0, 0.05) is 7.05 Å². The van der Waals surface area contributed by atoms with Crippen molar-refractivity contribution in [2.75, 3.05) is 18.1 Å². The molecule has 2 nitrogen and oxygen atoms in total. The first kappa shape index (κ1) is 8.14. The lowest BCUT2D eigenvalue weighted by atomic mass is 10.2. The molecule has 0 saturated heterocycles. The van der Waals surface area contributed by atoms with E-state index in [9.17, 15) is 4.39 Å². The van der Waals surface area contributed by atoms with E-state index < -0.39 is 5.82 Å². The highest BCUT2D eigenvalue weighted by atomic mass is 35.5. The van der Waals surface area contributed by atoms with Crippen molar-refractivity contribution >= 4 is 23.0 Å². The lowest BCUT2D eigenvalue weighted by Crippen LogP contribution is -1.98. The van der Waals surface area contributed by atoms with Gasteiger partial charge in [-0.2, -0.15) is 0 Å². The molecule has 11 heavy (non-hydrogen) atoms. The van der Waals surface area contributed by atoms with Gasteiger partial charge in [0.05, 0.1) is 16.4 Å². The summed E-state index contributed by atoms with van der Waals surface area (Å²) in [5, 5.41) is 2.69. The van der Waals surface area contributed by atoms with E-state index in [0.717, 1.165) is 0 Å². The predicted octanol–water partition coefficient (Wildman–Crippen LogP) is 2.10. The van der Waals surface area contributed by atoms with Gasteiger partial charge in [0.2, 0.25) is 0 Å². The van der Waals surface area contributed by atoms with Gasteiger partial charge in [0.25, 0.3) is 0 Å². The van der Waals surface area contributed by atoms with Gasteiger partial charge in [-0.1, -0.05) is 11.6 Å². The molecule has 1 rings (SSSR count). The number of anilines is 2. The van der Waals surface area contributed by atoms with E-state index in [-0.39, 0.29) is 10.7 Å². The fraction of sp³-hybridized carbons (Fsp3) is 0.143. The van der Waals surface area contributed by atoms with Crippen LogP contribution in [0.3, 0.4) is 0 Å². The zero-order valence-electron chi connectivity index (χ0n) is 5.99. The quantitative estimate of drug-likeness (QED) is 0.640. The van der Waals surface area contributed by atoms with Gasteiger partial charge in [-0.15, -0.1) is 0 Å².